The predicted octanol–water partition coefficient (Wildman–Crippen LogP) is 27.4. The molecule has 2 heteroatoms. The van der Waals surface area contributed by atoms with Gasteiger partial charge in [-0.15, -0.1) is 0 Å². The lowest BCUT2D eigenvalue weighted by Gasteiger charge is -2.35. The van der Waals surface area contributed by atoms with Gasteiger partial charge in [0.05, 0.1) is 24.5 Å². The van der Waals surface area contributed by atoms with Gasteiger partial charge in [0.15, 0.2) is 0 Å². The van der Waals surface area contributed by atoms with Gasteiger partial charge in [0.25, 0.3) is 0 Å². The van der Waals surface area contributed by atoms with Gasteiger partial charge in [-0.1, -0.05) is 375 Å². The summed E-state index contributed by atoms with van der Waals surface area (Å²) in [5, 5.41) is 10.4. The second-order valence-corrected chi connectivity index (χ2v) is 27.1. The molecule has 18 aromatic carbocycles. The number of anilines is 3. The van der Waals surface area contributed by atoms with Crippen LogP contribution in [0.15, 0.2) is 424 Å². The molecule has 0 aliphatic heterocycles. The number of fused-ring (bicyclic) bond motifs is 12. The van der Waals surface area contributed by atoms with E-state index in [0.29, 0.717) is 16.9 Å². The zero-order chi connectivity index (χ0) is 78.8. The molecule has 0 fully saturated rings. The van der Waals surface area contributed by atoms with Crippen LogP contribution in [0, 0.1) is 0 Å². The van der Waals surface area contributed by atoms with Crippen molar-refractivity contribution in [2.24, 2.45) is 0 Å². The normalized spacial score (nSPS) is 14.0. The van der Waals surface area contributed by atoms with Gasteiger partial charge >= 0.3 is 0 Å². The van der Waals surface area contributed by atoms with Crippen LogP contribution < -0.4 is 4.90 Å². The Bertz CT molecular complexity index is 6720. The highest BCUT2D eigenvalue weighted by atomic mass is 35.5. The fourth-order valence-electron chi connectivity index (χ4n) is 16.6. The summed E-state index contributed by atoms with van der Waals surface area (Å²) in [6.07, 6.45) is 0.249. The van der Waals surface area contributed by atoms with Crippen LogP contribution in [0.25, 0.3) is 87.6 Å². The number of nitrogens with zero attached hydrogens (tertiary/aromatic N) is 1. The summed E-state index contributed by atoms with van der Waals surface area (Å²) in [5.74, 6) is 0. The molecule has 20 rings (SSSR count). The van der Waals surface area contributed by atoms with Crippen molar-refractivity contribution < 1.29 is 13.7 Å². The highest BCUT2D eigenvalue weighted by Crippen LogP contribution is 2.59. The summed E-state index contributed by atoms with van der Waals surface area (Å²) in [4.78, 5) is 1.84. The molecule has 0 saturated heterocycles. The molecule has 0 atom stereocenters. The average Bonchev–Trinajstić information content (AvgIpc) is 1.54. The van der Waals surface area contributed by atoms with Gasteiger partial charge in [0, 0.05) is 22.1 Å². The number of rotatable bonds is 11. The summed E-state index contributed by atoms with van der Waals surface area (Å²) in [6.45, 7) is 0. The Labute approximate surface area is 633 Å². The highest BCUT2D eigenvalue weighted by molar-refractivity contribution is 6.31. The van der Waals surface area contributed by atoms with E-state index in [1.165, 1.54) is 43.6 Å². The Morgan fingerprint density at radius 2 is 0.638 bits per heavy atom. The SMILES string of the molecule is Clc1cccc(-c2cc3ccccc3c3ccccc23)c1.[2H]c1c([2H])c([2H])c(Cc2ccc3c(c2)C(c2ccccc2)(c2ccccc2)c2ccccc2-3)c([2H])c1[2H].[2H]c1c([2H])c([2H])c(N(c2cccc(-c3cc4ccccc4c4ccccc34)c2)c2ccc3c(c2)C(c2ccccc2)(c2ccccc2)c2ccccc2-3)c([2H])c1[2H]. The number of benzene rings is 18. The molecular formula is C103H72ClN. The van der Waals surface area contributed by atoms with Crippen molar-refractivity contribution in [3.63, 3.8) is 0 Å². The molecule has 0 radical (unpaired) electrons. The van der Waals surface area contributed by atoms with Crippen molar-refractivity contribution in [2.75, 3.05) is 4.90 Å². The summed E-state index contributed by atoms with van der Waals surface area (Å²) < 4.78 is 85.5. The van der Waals surface area contributed by atoms with Crippen LogP contribution >= 0.6 is 11.6 Å². The molecule has 2 aliphatic rings. The zero-order valence-corrected chi connectivity index (χ0v) is 57.9. The molecule has 0 N–H and O–H groups in total. The van der Waals surface area contributed by atoms with Gasteiger partial charge in [0.2, 0.25) is 0 Å². The van der Waals surface area contributed by atoms with Crippen molar-refractivity contribution in [1.82, 2.24) is 0 Å². The van der Waals surface area contributed by atoms with Crippen LogP contribution in [0.4, 0.5) is 17.1 Å². The molecule has 105 heavy (non-hydrogen) atoms. The van der Waals surface area contributed by atoms with Gasteiger partial charge in [-0.05, 0) is 210 Å². The minimum Gasteiger partial charge on any atom is -0.310 e. The van der Waals surface area contributed by atoms with E-state index < -0.39 is 16.9 Å². The van der Waals surface area contributed by atoms with Gasteiger partial charge in [0.1, 0.15) is 0 Å². The summed E-state index contributed by atoms with van der Waals surface area (Å²) in [5.41, 5.74) is 19.4. The van der Waals surface area contributed by atoms with E-state index >= 15 is 0 Å². The highest BCUT2D eigenvalue weighted by Gasteiger charge is 2.48. The third-order valence-electron chi connectivity index (χ3n) is 21.0. The fourth-order valence-corrected chi connectivity index (χ4v) is 16.7. The monoisotopic (exact) mass is 1370 g/mol. The topological polar surface area (TPSA) is 3.24 Å². The van der Waals surface area contributed by atoms with Crippen LogP contribution in [0.2, 0.25) is 5.02 Å². The molecule has 0 saturated carbocycles. The second kappa shape index (κ2) is 27.8. The smallest absolute Gasteiger partial charge is 0.0714 e. The molecule has 496 valence electrons. The molecule has 0 aromatic heterocycles. The molecule has 0 spiro atoms. The van der Waals surface area contributed by atoms with E-state index in [2.05, 4.69) is 297 Å². The maximum Gasteiger partial charge on any atom is 0.0714 e. The van der Waals surface area contributed by atoms with Crippen LogP contribution in [0.5, 0.6) is 0 Å². The van der Waals surface area contributed by atoms with E-state index in [1.54, 1.807) is 0 Å². The number of hydrogen-bond donors (Lipinski definition) is 0. The lowest BCUT2D eigenvalue weighted by atomic mass is 9.67. The molecule has 0 amide bonds. The van der Waals surface area contributed by atoms with E-state index in [1.807, 2.05) is 71.6 Å². The van der Waals surface area contributed by atoms with Gasteiger partial charge in [-0.25, -0.2) is 0 Å². The fraction of sp³-hybridized carbons (Fsp3) is 0.0291. The first-order valence-corrected chi connectivity index (χ1v) is 35.8. The van der Waals surface area contributed by atoms with Crippen LogP contribution in [-0.4, -0.2) is 0 Å². The van der Waals surface area contributed by atoms with E-state index in [-0.39, 0.29) is 66.5 Å². The summed E-state index contributed by atoms with van der Waals surface area (Å²) >= 11 is 6.16. The third kappa shape index (κ3) is 11.5. The number of hydrogen-bond acceptors (Lipinski definition) is 1. The molecule has 0 heterocycles. The lowest BCUT2D eigenvalue weighted by molar-refractivity contribution is 0.767. The number of para-hydroxylation sites is 1. The molecular weight excluding hydrogens is 1290 g/mol. The Kier molecular flexibility index (Phi) is 14.3. The first-order chi connectivity index (χ1) is 56.1. The first kappa shape index (κ1) is 53.9. The molecule has 2 aliphatic carbocycles. The van der Waals surface area contributed by atoms with Crippen LogP contribution in [-0.2, 0) is 17.3 Å². The minimum atomic E-state index is -0.693. The Hall–Kier alpha value is -12.9. The van der Waals surface area contributed by atoms with Crippen molar-refractivity contribution in [1.29, 1.82) is 0 Å². The van der Waals surface area contributed by atoms with Crippen LogP contribution in [0.3, 0.4) is 0 Å². The van der Waals surface area contributed by atoms with Crippen molar-refractivity contribution >= 4 is 71.8 Å². The second-order valence-electron chi connectivity index (χ2n) is 26.7. The van der Waals surface area contributed by atoms with Crippen molar-refractivity contribution in [3.05, 3.63) is 485 Å². The zero-order valence-electron chi connectivity index (χ0n) is 67.2. The largest absolute Gasteiger partial charge is 0.310 e. The van der Waals surface area contributed by atoms with Crippen LogP contribution in [0.1, 0.15) is 69.3 Å². The van der Waals surface area contributed by atoms with E-state index in [4.69, 9.17) is 22.6 Å². The maximum absolute atomic E-state index is 9.27. The summed E-state index contributed by atoms with van der Waals surface area (Å²) in [6, 6.07) is 123. The Morgan fingerprint density at radius 3 is 1.14 bits per heavy atom. The van der Waals surface area contributed by atoms with E-state index in [0.717, 1.165) is 99.1 Å². The molecule has 0 unspecified atom stereocenters. The third-order valence-corrected chi connectivity index (χ3v) is 21.2. The quantitative estimate of drug-likeness (QED) is 0.117. The molecule has 1 nitrogen and oxygen atoms in total. The molecule has 18 aromatic rings. The van der Waals surface area contributed by atoms with E-state index in [9.17, 15) is 2.74 Å². The van der Waals surface area contributed by atoms with Gasteiger partial charge < -0.3 is 4.90 Å². The van der Waals surface area contributed by atoms with Gasteiger partial charge in [-0.2, -0.15) is 0 Å². The predicted molar refractivity (Wildman–Crippen MR) is 444 cm³/mol. The lowest BCUT2D eigenvalue weighted by Crippen LogP contribution is -2.28. The number of halogens is 1. The summed E-state index contributed by atoms with van der Waals surface area (Å²) in [7, 11) is 0. The standard InChI is InChI=1S/C51H35N.C32H24.C20H13Cl/c1-4-19-38(20-5-1)51(39-21-6-2-7-22-39)49-30-15-14-29-46(49)47-32-31-42(35-50(47)51)52(40-23-8-3-9-24-40)41-25-16-18-36(33-41)48-34-37-17-10-11-26-43(37)44-27-12-13-28-45(44)48;1-4-12-24(13-5-1)22-25-20-21-29-28-18-10-11-19-30(28)32(31(29)23-25,26-14-6-2-7-15-26)27-16-8-3-9-17-27;21-16-8-5-7-14(12-16)20-13-15-6-1-2-9-17(15)18-10-3-4-11-19(18)20/h1-35H;1-21,23H,22H2;1-13H/i3D,8D,9D,23D,24D;1D,4D,5D,12D,13D;. The minimum absolute atomic E-state index is 0.0852. The first-order valence-electron chi connectivity index (χ1n) is 40.4. The Balaban J connectivity index is 0.000000134. The van der Waals surface area contributed by atoms with Gasteiger partial charge in [-0.3, -0.25) is 0 Å². The van der Waals surface area contributed by atoms with Crippen molar-refractivity contribution in [2.45, 2.75) is 17.3 Å². The Morgan fingerprint density at radius 1 is 0.248 bits per heavy atom. The maximum atomic E-state index is 9.27. The average molecular weight is 1370 g/mol. The van der Waals surface area contributed by atoms with Crippen molar-refractivity contribution in [3.8, 4) is 44.5 Å². The molecule has 0 bridgehead atoms.